The minimum atomic E-state index is -2.03. The van der Waals surface area contributed by atoms with Crippen LogP contribution in [-0.4, -0.2) is 229 Å². The van der Waals surface area contributed by atoms with E-state index in [2.05, 4.69) is 5.32 Å². The Morgan fingerprint density at radius 1 is 0.580 bits per heavy atom. The predicted molar refractivity (Wildman–Crippen MR) is 153 cm³/mol. The molecule has 14 N–H and O–H groups in total. The third kappa shape index (κ3) is 8.87. The lowest BCUT2D eigenvalue weighted by molar-refractivity contribution is -0.433. The smallest absolute Gasteiger partial charge is 0.217 e. The van der Waals surface area contributed by atoms with E-state index in [-0.39, 0.29) is 0 Å². The molecule has 0 radical (unpaired) electrons. The molecule has 1 amide bonds. The molecule has 0 aromatic heterocycles. The maximum atomic E-state index is 12.2. The number of carbonyl (C=O) groups is 1. The Morgan fingerprint density at radius 2 is 1.08 bits per heavy atom. The highest BCUT2D eigenvalue weighted by Gasteiger charge is 2.56. The van der Waals surface area contributed by atoms with Gasteiger partial charge in [-0.2, -0.15) is 0 Å². The average Bonchev–Trinajstić information content (AvgIpc) is 3.07. The molecule has 4 heterocycles. The van der Waals surface area contributed by atoms with Crippen molar-refractivity contribution in [2.75, 3.05) is 33.5 Å². The Labute approximate surface area is 283 Å². The number of aliphatic hydroxyl groups excluding tert-OH is 12. The first kappa shape index (κ1) is 41.4. The van der Waals surface area contributed by atoms with E-state index >= 15 is 0 Å². The van der Waals surface area contributed by atoms with Gasteiger partial charge in [0, 0.05) is 6.92 Å². The average molecular weight is 739 g/mol. The molecule has 0 aromatic rings. The quantitative estimate of drug-likeness (QED) is 0.0502. The van der Waals surface area contributed by atoms with E-state index < -0.39 is 155 Å². The number of ether oxygens (including phenoxy) is 7. The van der Waals surface area contributed by atoms with Crippen LogP contribution in [0.4, 0.5) is 0 Å². The zero-order chi connectivity index (χ0) is 37.2. The number of carbonyl (C=O) groups excluding carboxylic acids is 1. The van der Waals surface area contributed by atoms with Crippen LogP contribution in [0.2, 0.25) is 0 Å². The zero-order valence-corrected chi connectivity index (χ0v) is 26.9. The molecule has 0 saturated carbocycles. The van der Waals surface area contributed by atoms with Gasteiger partial charge in [-0.1, -0.05) is 0 Å². The van der Waals surface area contributed by atoms with Crippen molar-refractivity contribution in [3.8, 4) is 0 Å². The fourth-order valence-electron chi connectivity index (χ4n) is 6.17. The molecule has 23 nitrogen and oxygen atoms in total. The van der Waals surface area contributed by atoms with Gasteiger partial charge in [0.2, 0.25) is 12.5 Å². The van der Waals surface area contributed by atoms with Crippen molar-refractivity contribution >= 4 is 5.91 Å². The highest BCUT2D eigenvalue weighted by molar-refractivity contribution is 5.73. The first-order valence-corrected chi connectivity index (χ1v) is 15.7. The molecule has 4 aliphatic rings. The second-order valence-electron chi connectivity index (χ2n) is 12.5. The number of hydrogen-bond acceptors (Lipinski definition) is 21. The lowest BCUT2D eigenvalue weighted by Gasteiger charge is -2.49. The Kier molecular flexibility index (Phi) is 14.6. The van der Waals surface area contributed by atoms with E-state index in [1.807, 2.05) is 0 Å². The lowest BCUT2D eigenvalue weighted by atomic mass is 9.94. The summed E-state index contributed by atoms with van der Waals surface area (Å²) in [7, 11) is 1.14. The molecule has 4 fully saturated rings. The molecule has 4 saturated heterocycles. The number of aliphatic hydroxyl groups is 12. The van der Waals surface area contributed by atoms with Crippen LogP contribution in [0.5, 0.6) is 0 Å². The van der Waals surface area contributed by atoms with Gasteiger partial charge in [0.05, 0.1) is 19.8 Å². The van der Waals surface area contributed by atoms with Gasteiger partial charge < -0.3 is 99.8 Å². The summed E-state index contributed by atoms with van der Waals surface area (Å²) in [4.78, 5) is 12.2. The van der Waals surface area contributed by atoms with Gasteiger partial charge in [0.25, 0.3) is 0 Å². The molecule has 4 rings (SSSR count). The summed E-state index contributed by atoms with van der Waals surface area (Å²) in [6, 6.07) is -1.62. The van der Waals surface area contributed by atoms with Gasteiger partial charge >= 0.3 is 0 Å². The fraction of sp³-hybridized carbons (Fsp3) is 0.963. The minimum absolute atomic E-state index is 0.437. The van der Waals surface area contributed by atoms with Gasteiger partial charge in [0.1, 0.15) is 91.5 Å². The summed E-state index contributed by atoms with van der Waals surface area (Å²) < 4.78 is 40.4. The maximum absolute atomic E-state index is 12.2. The van der Waals surface area contributed by atoms with Crippen LogP contribution in [0, 0.1) is 0 Å². The van der Waals surface area contributed by atoms with Crippen molar-refractivity contribution in [1.29, 1.82) is 0 Å². The zero-order valence-electron chi connectivity index (χ0n) is 26.9. The van der Waals surface area contributed by atoms with E-state index in [0.717, 1.165) is 14.0 Å². The maximum Gasteiger partial charge on any atom is 0.217 e. The second kappa shape index (κ2) is 17.6. The molecule has 4 aliphatic heterocycles. The Balaban J connectivity index is 1.56. The second-order valence-corrected chi connectivity index (χ2v) is 12.5. The topological polar surface area (TPSA) is 359 Å². The van der Waals surface area contributed by atoms with Crippen LogP contribution in [0.1, 0.15) is 6.92 Å². The van der Waals surface area contributed by atoms with E-state index in [0.29, 0.717) is 0 Å². The molecule has 0 unspecified atom stereocenters. The normalized spacial score (nSPS) is 48.8. The highest BCUT2D eigenvalue weighted by atomic mass is 17.2. The SMILES string of the molecule is CC(=O)N[C@H]1[C@H](O[C@H]2[C@@H](O)[C@@H](CO)O[C@@H](O[C@H]3[C@H](O)[C@@H](O)[C@H](O)O[C@@H]3CO)[C@@H]2O)O[C@H](CO)[C@@H](O[C@@H]2O[C@H](C[O+](C)O)[C@H](O)[C@H](O)[C@H]2O)[C@@H]1O. The summed E-state index contributed by atoms with van der Waals surface area (Å²) >= 11 is 0. The largest absolute Gasteiger partial charge is 0.394 e. The molecule has 0 spiro atoms. The van der Waals surface area contributed by atoms with E-state index in [9.17, 15) is 71.3 Å². The van der Waals surface area contributed by atoms with Crippen LogP contribution in [0.25, 0.3) is 0 Å². The number of hydrogen-bond donors (Lipinski definition) is 14. The molecule has 0 bridgehead atoms. The number of rotatable bonds is 12. The first-order chi connectivity index (χ1) is 23.5. The lowest BCUT2D eigenvalue weighted by Crippen LogP contribution is -2.69. The Hall–Kier alpha value is -1.37. The first-order valence-electron chi connectivity index (χ1n) is 15.7. The number of amides is 1. The fourth-order valence-corrected chi connectivity index (χ4v) is 6.17. The minimum Gasteiger partial charge on any atom is -0.394 e. The molecular weight excluding hydrogens is 690 g/mol. The van der Waals surface area contributed by atoms with Crippen LogP contribution in [0.3, 0.4) is 0 Å². The molecule has 0 aliphatic carbocycles. The molecule has 0 aromatic carbocycles. The van der Waals surface area contributed by atoms with Crippen molar-refractivity contribution in [1.82, 2.24) is 5.32 Å². The number of nitrogens with one attached hydrogen (secondary N) is 1. The monoisotopic (exact) mass is 738 g/mol. The summed E-state index contributed by atoms with van der Waals surface area (Å²) in [6.07, 6.45) is -33.5. The standard InChI is InChI=1S/C27H47NO22/c1-7(32)28-12-15(35)21(47-26-19(39)16(36)13(33)11(46-26)6-50(2)42)10(5-31)45-25(12)49-23-14(34)8(3-29)44-27(20(23)40)48-22-9(4-30)43-24(41)18(38)17(22)37/h8-27,29-31,33-42H,3-6H2,1-2H3/p+1/t8-,9-,10-,11-,12-,13+,14+,15-,16+,17-,18-,19-,20-,21-,22-,23+,24-,25+,26+,27+/m1/s1. The van der Waals surface area contributed by atoms with Crippen molar-refractivity contribution in [3.63, 3.8) is 0 Å². The van der Waals surface area contributed by atoms with Crippen LogP contribution < -0.4 is 5.32 Å². The van der Waals surface area contributed by atoms with Crippen LogP contribution in [-0.2, 0) is 42.5 Å². The van der Waals surface area contributed by atoms with Crippen LogP contribution in [0.15, 0.2) is 0 Å². The van der Waals surface area contributed by atoms with Crippen molar-refractivity contribution in [2.45, 2.75) is 130 Å². The highest BCUT2D eigenvalue weighted by Crippen LogP contribution is 2.34. The summed E-state index contributed by atoms with van der Waals surface area (Å²) in [5.41, 5.74) is 0. The van der Waals surface area contributed by atoms with Crippen molar-refractivity contribution in [2.24, 2.45) is 0 Å². The summed E-state index contributed by atoms with van der Waals surface area (Å²) in [5, 5.41) is 137. The van der Waals surface area contributed by atoms with E-state index in [4.69, 9.17) is 33.2 Å². The third-order valence-electron chi connectivity index (χ3n) is 8.83. The molecule has 50 heavy (non-hydrogen) atoms. The van der Waals surface area contributed by atoms with E-state index in [1.165, 1.54) is 4.52 Å². The van der Waals surface area contributed by atoms with Gasteiger partial charge in [-0.15, -0.1) is 5.26 Å². The summed E-state index contributed by atoms with van der Waals surface area (Å²) in [6.45, 7) is -2.02. The Morgan fingerprint density at radius 3 is 1.64 bits per heavy atom. The van der Waals surface area contributed by atoms with Crippen LogP contribution >= 0.6 is 0 Å². The van der Waals surface area contributed by atoms with Crippen molar-refractivity contribution in [3.05, 3.63) is 0 Å². The van der Waals surface area contributed by atoms with Gasteiger partial charge in [-0.05, 0) is 0 Å². The molecule has 23 heteroatoms. The van der Waals surface area contributed by atoms with Gasteiger partial charge in [-0.3, -0.25) is 4.79 Å². The van der Waals surface area contributed by atoms with Gasteiger partial charge in [0.15, 0.2) is 38.4 Å². The molecule has 20 atom stereocenters. The molecule has 292 valence electrons. The van der Waals surface area contributed by atoms with Crippen molar-refractivity contribution < 1.29 is 109 Å². The Bertz CT molecular complexity index is 1070. The molecular formula is C27H48NO22+. The van der Waals surface area contributed by atoms with Gasteiger partial charge in [-0.25, -0.2) is 4.52 Å². The van der Waals surface area contributed by atoms with E-state index in [1.54, 1.807) is 0 Å². The predicted octanol–water partition coefficient (Wildman–Crippen LogP) is -8.94. The third-order valence-corrected chi connectivity index (χ3v) is 8.83. The summed E-state index contributed by atoms with van der Waals surface area (Å²) in [5.74, 6) is -0.757.